The molecular formula is C23H16ClN3O7S. The Hall–Kier alpha value is -4.06. The van der Waals surface area contributed by atoms with Crippen LogP contribution in [-0.4, -0.2) is 30.1 Å². The minimum Gasteiger partial charge on any atom is -0.507 e. The van der Waals surface area contributed by atoms with E-state index >= 15 is 0 Å². The number of hydrogen-bond donors (Lipinski definition) is 2. The summed E-state index contributed by atoms with van der Waals surface area (Å²) in [6.07, 6.45) is 0. The second-order valence-corrected chi connectivity index (χ2v) is 9.56. The van der Waals surface area contributed by atoms with Gasteiger partial charge in [0.15, 0.2) is 0 Å². The van der Waals surface area contributed by atoms with E-state index in [-0.39, 0.29) is 33.0 Å². The highest BCUT2D eigenvalue weighted by molar-refractivity contribution is 7.89. The molecule has 0 spiro atoms. The van der Waals surface area contributed by atoms with Crippen molar-refractivity contribution < 1.29 is 28.0 Å². The Morgan fingerprint density at radius 1 is 1.03 bits per heavy atom. The van der Waals surface area contributed by atoms with Crippen LogP contribution in [0, 0.1) is 10.1 Å². The number of benzene rings is 3. The SMILES string of the molecule is NS(=O)(=O)c1ccc(N2C(=O)C(=O)C(=C(O)c3ccc(Cl)cc3)C2c2cccc([N+](=O)[O-])c2)cc1. The minimum absolute atomic E-state index is 0.117. The van der Waals surface area contributed by atoms with Gasteiger partial charge in [0, 0.05) is 28.4 Å². The summed E-state index contributed by atoms with van der Waals surface area (Å²) >= 11 is 5.90. The number of anilines is 1. The smallest absolute Gasteiger partial charge is 0.300 e. The molecule has 1 unspecified atom stereocenters. The van der Waals surface area contributed by atoms with Gasteiger partial charge in [0.1, 0.15) is 5.76 Å². The highest BCUT2D eigenvalue weighted by Crippen LogP contribution is 2.43. The Morgan fingerprint density at radius 2 is 1.66 bits per heavy atom. The summed E-state index contributed by atoms with van der Waals surface area (Å²) in [6.45, 7) is 0. The summed E-state index contributed by atoms with van der Waals surface area (Å²) in [4.78, 5) is 37.8. The fourth-order valence-electron chi connectivity index (χ4n) is 3.78. The second-order valence-electron chi connectivity index (χ2n) is 7.57. The monoisotopic (exact) mass is 513 g/mol. The van der Waals surface area contributed by atoms with Gasteiger partial charge in [-0.05, 0) is 54.1 Å². The number of nitro benzene ring substituents is 1. The first-order chi connectivity index (χ1) is 16.5. The van der Waals surface area contributed by atoms with Crippen molar-refractivity contribution in [3.63, 3.8) is 0 Å². The van der Waals surface area contributed by atoms with Gasteiger partial charge in [-0.25, -0.2) is 13.6 Å². The number of nitrogens with zero attached hydrogens (tertiary/aromatic N) is 2. The Morgan fingerprint density at radius 3 is 2.23 bits per heavy atom. The summed E-state index contributed by atoms with van der Waals surface area (Å²) in [5, 5.41) is 27.9. The summed E-state index contributed by atoms with van der Waals surface area (Å²) in [5.41, 5.74) is -0.0829. The van der Waals surface area contributed by atoms with Crippen molar-refractivity contribution in [2.45, 2.75) is 10.9 Å². The predicted octanol–water partition coefficient (Wildman–Crippen LogP) is 3.52. The van der Waals surface area contributed by atoms with Crippen molar-refractivity contribution in [2.24, 2.45) is 5.14 Å². The maximum atomic E-state index is 13.1. The van der Waals surface area contributed by atoms with Gasteiger partial charge in [0.05, 0.1) is 21.4 Å². The van der Waals surface area contributed by atoms with E-state index in [1.165, 1.54) is 60.7 Å². The summed E-state index contributed by atoms with van der Waals surface area (Å²) in [6, 6.07) is 14.8. The van der Waals surface area contributed by atoms with E-state index in [2.05, 4.69) is 0 Å². The number of amides is 1. The zero-order valence-corrected chi connectivity index (χ0v) is 19.2. The fraction of sp³-hybridized carbons (Fsp3) is 0.0435. The third kappa shape index (κ3) is 4.52. The average molecular weight is 514 g/mol. The second kappa shape index (κ2) is 8.95. The average Bonchev–Trinajstić information content (AvgIpc) is 3.09. The molecule has 3 aromatic carbocycles. The van der Waals surface area contributed by atoms with Crippen molar-refractivity contribution in [1.82, 2.24) is 0 Å². The summed E-state index contributed by atoms with van der Waals surface area (Å²) < 4.78 is 23.2. The van der Waals surface area contributed by atoms with Crippen LogP contribution in [-0.2, 0) is 19.6 Å². The number of nitrogens with two attached hydrogens (primary N) is 1. The van der Waals surface area contributed by atoms with Crippen molar-refractivity contribution in [3.8, 4) is 0 Å². The van der Waals surface area contributed by atoms with Crippen LogP contribution in [0.15, 0.2) is 83.3 Å². The molecule has 0 aromatic heterocycles. The van der Waals surface area contributed by atoms with Crippen molar-refractivity contribution in [3.05, 3.63) is 105 Å². The lowest BCUT2D eigenvalue weighted by Gasteiger charge is -2.25. The number of hydrogen-bond acceptors (Lipinski definition) is 7. The number of rotatable bonds is 5. The molecule has 1 saturated heterocycles. The molecular weight excluding hydrogens is 498 g/mol. The van der Waals surface area contributed by atoms with Crippen LogP contribution in [0.4, 0.5) is 11.4 Å². The zero-order valence-electron chi connectivity index (χ0n) is 17.7. The van der Waals surface area contributed by atoms with Gasteiger partial charge in [0.25, 0.3) is 17.4 Å². The molecule has 1 amide bonds. The number of carbonyl (C=O) groups is 2. The van der Waals surface area contributed by atoms with Gasteiger partial charge >= 0.3 is 0 Å². The van der Waals surface area contributed by atoms with E-state index in [1.807, 2.05) is 0 Å². The normalized spacial score (nSPS) is 17.5. The molecule has 1 fully saturated rings. The molecule has 0 saturated carbocycles. The first kappa shape index (κ1) is 24.1. The molecule has 1 heterocycles. The van der Waals surface area contributed by atoms with E-state index in [9.17, 15) is 33.2 Å². The molecule has 1 aliphatic heterocycles. The van der Waals surface area contributed by atoms with Crippen LogP contribution >= 0.6 is 11.6 Å². The Bertz CT molecular complexity index is 1500. The van der Waals surface area contributed by atoms with E-state index in [4.69, 9.17) is 16.7 Å². The highest BCUT2D eigenvalue weighted by Gasteiger charge is 2.47. The molecule has 1 aliphatic rings. The highest BCUT2D eigenvalue weighted by atomic mass is 35.5. The molecule has 10 nitrogen and oxygen atoms in total. The Kier molecular flexibility index (Phi) is 6.15. The fourth-order valence-corrected chi connectivity index (χ4v) is 4.42. The molecule has 0 radical (unpaired) electrons. The summed E-state index contributed by atoms with van der Waals surface area (Å²) in [5.74, 6) is -2.54. The van der Waals surface area contributed by atoms with Crippen LogP contribution in [0.5, 0.6) is 0 Å². The quantitative estimate of drug-likeness (QED) is 0.173. The van der Waals surface area contributed by atoms with Crippen molar-refractivity contribution in [1.29, 1.82) is 0 Å². The van der Waals surface area contributed by atoms with Crippen LogP contribution in [0.3, 0.4) is 0 Å². The molecule has 12 heteroatoms. The lowest BCUT2D eigenvalue weighted by Crippen LogP contribution is -2.29. The minimum atomic E-state index is -4.02. The number of carbonyl (C=O) groups excluding carboxylic acids is 2. The van der Waals surface area contributed by atoms with Crippen LogP contribution < -0.4 is 10.0 Å². The molecule has 4 rings (SSSR count). The van der Waals surface area contributed by atoms with E-state index in [0.717, 1.165) is 17.0 Å². The number of aliphatic hydroxyl groups is 1. The maximum absolute atomic E-state index is 13.1. The van der Waals surface area contributed by atoms with E-state index in [0.29, 0.717) is 5.02 Å². The third-order valence-electron chi connectivity index (χ3n) is 5.40. The molecule has 178 valence electrons. The maximum Gasteiger partial charge on any atom is 0.300 e. The first-order valence-electron chi connectivity index (χ1n) is 9.93. The molecule has 0 aliphatic carbocycles. The van der Waals surface area contributed by atoms with Crippen LogP contribution in [0.1, 0.15) is 17.2 Å². The number of nitro groups is 1. The number of Topliss-reactive ketones (excluding diaryl/α,β-unsaturated/α-hetero) is 1. The lowest BCUT2D eigenvalue weighted by molar-refractivity contribution is -0.384. The number of primary sulfonamides is 1. The van der Waals surface area contributed by atoms with Crippen LogP contribution in [0.25, 0.3) is 5.76 Å². The number of sulfonamides is 1. The Labute approximate surface area is 204 Å². The van der Waals surface area contributed by atoms with Gasteiger partial charge in [-0.3, -0.25) is 24.6 Å². The predicted molar refractivity (Wildman–Crippen MR) is 127 cm³/mol. The number of non-ortho nitro benzene ring substituents is 1. The lowest BCUT2D eigenvalue weighted by atomic mass is 9.95. The number of aliphatic hydroxyl groups excluding tert-OH is 1. The van der Waals surface area contributed by atoms with Gasteiger partial charge in [-0.1, -0.05) is 23.7 Å². The third-order valence-corrected chi connectivity index (χ3v) is 6.58. The van der Waals surface area contributed by atoms with Crippen LogP contribution in [0.2, 0.25) is 5.02 Å². The van der Waals surface area contributed by atoms with Gasteiger partial charge < -0.3 is 5.11 Å². The van der Waals surface area contributed by atoms with E-state index in [1.54, 1.807) is 0 Å². The molecule has 35 heavy (non-hydrogen) atoms. The van der Waals surface area contributed by atoms with Gasteiger partial charge in [0.2, 0.25) is 10.0 Å². The Balaban J connectivity index is 1.95. The molecule has 0 bridgehead atoms. The van der Waals surface area contributed by atoms with Gasteiger partial charge in [-0.15, -0.1) is 0 Å². The molecule has 1 atom stereocenters. The van der Waals surface area contributed by atoms with E-state index < -0.39 is 38.4 Å². The number of ketones is 1. The molecule has 3 N–H and O–H groups in total. The topological polar surface area (TPSA) is 161 Å². The molecule has 3 aromatic rings. The zero-order chi connectivity index (χ0) is 25.5. The van der Waals surface area contributed by atoms with Gasteiger partial charge in [-0.2, -0.15) is 0 Å². The van der Waals surface area contributed by atoms with Crippen molar-refractivity contribution in [2.75, 3.05) is 4.90 Å². The van der Waals surface area contributed by atoms with Crippen molar-refractivity contribution >= 4 is 50.4 Å². The largest absolute Gasteiger partial charge is 0.507 e. The standard InChI is InChI=1S/C23H16ClN3O7S/c24-15-6-4-13(5-7-15)21(28)19-20(14-2-1-3-17(12-14)27(31)32)26(23(30)22(19)29)16-8-10-18(11-9-16)35(25,33)34/h1-12,20,28H,(H2,25,33,34). The first-order valence-corrected chi connectivity index (χ1v) is 11.9. The summed E-state index contributed by atoms with van der Waals surface area (Å²) in [7, 11) is -4.02. The number of halogens is 1.